The second-order valence-electron chi connectivity index (χ2n) is 51.9. The van der Waals surface area contributed by atoms with Crippen molar-refractivity contribution in [2.24, 2.45) is 0 Å². The molecule has 0 radical (unpaired) electrons. The van der Waals surface area contributed by atoms with Crippen LogP contribution in [-0.2, 0) is 75.8 Å². The maximum absolute atomic E-state index is 4.87. The SMILES string of the molecule is Cc1c(C)c(C(C)(C)C)c(C)c(C(C)(C)C)c1C.Cc1c(C)c(C(C)(C)C)c(C)c(C)c1C(C)(C)C.Cc1c(C)c(C)c(C(C)(C)C)c(C(C)(C)C)c1C.Cc1nc(C(C)(C)C)c(C(C)(C)C)c(C)c1C.Cc1nc(C(C)(C)C)c(C)c(C)c1C(C)(C)C.Cc1nc(C)c(C(C)(C)C)c(C(C)(C)C)c1C.Cc1nc(C)c(C(C)(C)C)c(C)c1C(C)(C)C. The first-order chi connectivity index (χ1) is 53.5. The Labute approximate surface area is 760 Å². The molecule has 0 aliphatic carbocycles. The van der Waals surface area contributed by atoms with Crippen molar-refractivity contribution < 1.29 is 0 Å². The molecule has 690 valence electrons. The van der Waals surface area contributed by atoms with E-state index in [0.717, 1.165) is 0 Å². The molecule has 0 amide bonds. The Hall–Kier alpha value is -5.74. The summed E-state index contributed by atoms with van der Waals surface area (Å²) < 4.78 is 0. The van der Waals surface area contributed by atoms with Gasteiger partial charge in [0.2, 0.25) is 0 Å². The molecule has 0 fully saturated rings. The van der Waals surface area contributed by atoms with Crippen LogP contribution in [0.15, 0.2) is 0 Å². The molecule has 4 nitrogen and oxygen atoms in total. The summed E-state index contributed by atoms with van der Waals surface area (Å²) >= 11 is 0. The lowest BCUT2D eigenvalue weighted by atomic mass is 9.69. The molecule has 0 saturated carbocycles. The fraction of sp³-hybridized carbons (Fsp3) is 0.678. The molecule has 0 spiro atoms. The van der Waals surface area contributed by atoms with Crippen LogP contribution in [-0.4, -0.2) is 19.9 Å². The monoisotopic (exact) mass is 1670 g/mol. The maximum atomic E-state index is 4.87. The second-order valence-corrected chi connectivity index (χ2v) is 51.9. The van der Waals surface area contributed by atoms with Crippen molar-refractivity contribution in [3.8, 4) is 0 Å². The topological polar surface area (TPSA) is 51.6 Å². The predicted octanol–water partition coefficient (Wildman–Crippen LogP) is 35.0. The molecule has 7 rings (SSSR count). The van der Waals surface area contributed by atoms with Gasteiger partial charge < -0.3 is 0 Å². The number of hydrogen-bond acceptors (Lipinski definition) is 4. The van der Waals surface area contributed by atoms with E-state index in [1.807, 2.05) is 0 Å². The fourth-order valence-corrected chi connectivity index (χ4v) is 21.6. The van der Waals surface area contributed by atoms with Gasteiger partial charge in [-0.1, -0.05) is 291 Å². The van der Waals surface area contributed by atoms with Gasteiger partial charge in [0.25, 0.3) is 0 Å². The van der Waals surface area contributed by atoms with Crippen molar-refractivity contribution >= 4 is 0 Å². The van der Waals surface area contributed by atoms with E-state index in [4.69, 9.17) is 19.9 Å². The summed E-state index contributed by atoms with van der Waals surface area (Å²) in [6.07, 6.45) is 0. The van der Waals surface area contributed by atoms with Crippen LogP contribution in [0.5, 0.6) is 0 Å². The highest BCUT2D eigenvalue weighted by Crippen LogP contribution is 2.47. The average Bonchev–Trinajstić information content (AvgIpc) is 0.776. The van der Waals surface area contributed by atoms with Crippen LogP contribution in [0.3, 0.4) is 0 Å². The molecular weight excluding hydrogens is 1470 g/mol. The Balaban J connectivity index is 0.000000712. The zero-order chi connectivity index (χ0) is 97.8. The van der Waals surface area contributed by atoms with Gasteiger partial charge in [-0.05, 0) is 398 Å². The number of nitrogens with zero attached hydrogens (tertiary/aromatic N) is 4. The van der Waals surface area contributed by atoms with E-state index in [0.29, 0.717) is 0 Å². The van der Waals surface area contributed by atoms with E-state index in [-0.39, 0.29) is 75.8 Å². The van der Waals surface area contributed by atoms with Crippen LogP contribution in [0.4, 0.5) is 0 Å². The van der Waals surface area contributed by atoms with E-state index < -0.39 is 0 Å². The van der Waals surface area contributed by atoms with Gasteiger partial charge in [0.15, 0.2) is 0 Å². The summed E-state index contributed by atoms with van der Waals surface area (Å²) in [6.45, 7) is 150. The van der Waals surface area contributed by atoms with Crippen LogP contribution in [0, 0.1) is 166 Å². The highest BCUT2D eigenvalue weighted by atomic mass is 14.8. The van der Waals surface area contributed by atoms with Crippen molar-refractivity contribution in [3.05, 3.63) is 212 Å². The predicted molar refractivity (Wildman–Crippen MR) is 552 cm³/mol. The lowest BCUT2D eigenvalue weighted by Crippen LogP contribution is -2.26. The van der Waals surface area contributed by atoms with E-state index in [9.17, 15) is 0 Å². The lowest BCUT2D eigenvalue weighted by Gasteiger charge is -2.35. The van der Waals surface area contributed by atoms with Crippen LogP contribution in [0.1, 0.15) is 503 Å². The third-order valence-corrected chi connectivity index (χ3v) is 26.0. The standard InChI is InChI=1S/3C18H30.4C16H27N/c1-11-12(2)16(18(8,9)10)14(4)13(3)15(11)17(5,6)7;1-11-12(2)15(17(5,6)7)14(4)16(13(11)3)18(8,9)10;1-11-12(2)14(4)16(18(8,9)10)15(13(11)3)17(5,6)7;1-10-13(15(4,5)6)11(2)17-12(3)14(10)16(7,8)9;1-10-11(2)17-12(3)14(16(7,8)9)13(10)15(4,5)6;1-10-11(2)14(16(7,8)9)17-12(3)13(10)15(4,5)6;1-10-11(2)13(15(4,5)6)14(16(7,8)9)17-12(10)3/h3*1-10H3;4*1-9H3. The van der Waals surface area contributed by atoms with Crippen molar-refractivity contribution in [2.45, 2.75) is 533 Å². The van der Waals surface area contributed by atoms with Gasteiger partial charge in [0.05, 0.1) is 0 Å². The molecule has 0 aliphatic rings. The largest absolute Gasteiger partial charge is 0.258 e. The Kier molecular flexibility index (Phi) is 36.6. The van der Waals surface area contributed by atoms with Crippen molar-refractivity contribution in [2.75, 3.05) is 0 Å². The van der Waals surface area contributed by atoms with Crippen LogP contribution in [0.2, 0.25) is 0 Å². The van der Waals surface area contributed by atoms with E-state index in [1.165, 1.54) is 201 Å². The van der Waals surface area contributed by atoms with E-state index in [2.05, 4.69) is 457 Å². The number of hydrogen-bond donors (Lipinski definition) is 0. The Bertz CT molecular complexity index is 4620. The Morgan fingerprint density at radius 2 is 0.254 bits per heavy atom. The van der Waals surface area contributed by atoms with Gasteiger partial charge in [-0.3, -0.25) is 19.9 Å². The zero-order valence-electron chi connectivity index (χ0n) is 93.8. The molecular formula is C118H198N4. The van der Waals surface area contributed by atoms with Gasteiger partial charge in [-0.2, -0.15) is 0 Å². The molecule has 0 aliphatic heterocycles. The zero-order valence-corrected chi connectivity index (χ0v) is 93.8. The molecule has 4 heteroatoms. The summed E-state index contributed by atoms with van der Waals surface area (Å²) in [6, 6.07) is 0. The summed E-state index contributed by atoms with van der Waals surface area (Å²) in [5.74, 6) is 0. The molecule has 0 unspecified atom stereocenters. The van der Waals surface area contributed by atoms with Crippen LogP contribution in [0.25, 0.3) is 0 Å². The first kappa shape index (κ1) is 114. The van der Waals surface area contributed by atoms with Gasteiger partial charge in [0, 0.05) is 56.4 Å². The average molecular weight is 1670 g/mol. The summed E-state index contributed by atoms with van der Waals surface area (Å²) in [5.41, 5.74) is 55.9. The van der Waals surface area contributed by atoms with Crippen LogP contribution >= 0.6 is 0 Å². The molecule has 4 aromatic heterocycles. The van der Waals surface area contributed by atoms with Crippen LogP contribution < -0.4 is 0 Å². The molecule has 7 aromatic rings. The fourth-order valence-electron chi connectivity index (χ4n) is 21.6. The summed E-state index contributed by atoms with van der Waals surface area (Å²) in [5, 5.41) is 0. The molecule has 0 saturated heterocycles. The summed E-state index contributed by atoms with van der Waals surface area (Å²) in [4.78, 5) is 19.2. The van der Waals surface area contributed by atoms with Gasteiger partial charge >= 0.3 is 0 Å². The molecule has 0 N–H and O–H groups in total. The highest BCUT2D eigenvalue weighted by molar-refractivity contribution is 5.59. The van der Waals surface area contributed by atoms with Crippen molar-refractivity contribution in [1.82, 2.24) is 19.9 Å². The molecule has 0 atom stereocenters. The van der Waals surface area contributed by atoms with Crippen molar-refractivity contribution in [1.29, 1.82) is 0 Å². The minimum absolute atomic E-state index is 0.103. The van der Waals surface area contributed by atoms with Crippen molar-refractivity contribution in [3.63, 3.8) is 0 Å². The molecule has 122 heavy (non-hydrogen) atoms. The second kappa shape index (κ2) is 39.1. The van der Waals surface area contributed by atoms with Gasteiger partial charge in [0.1, 0.15) is 0 Å². The first-order valence-corrected chi connectivity index (χ1v) is 46.8. The highest BCUT2D eigenvalue weighted by Gasteiger charge is 2.37. The lowest BCUT2D eigenvalue weighted by molar-refractivity contribution is 0.508. The third kappa shape index (κ3) is 27.6. The smallest absolute Gasteiger partial charge is 0.0500 e. The quantitative estimate of drug-likeness (QED) is 0.152. The number of rotatable bonds is 0. The number of pyridine rings is 4. The van der Waals surface area contributed by atoms with Gasteiger partial charge in [-0.25, -0.2) is 0 Å². The van der Waals surface area contributed by atoms with E-state index >= 15 is 0 Å². The number of aromatic nitrogens is 4. The number of aryl methyl sites for hydroxylation is 6. The number of benzene rings is 3. The normalized spacial score (nSPS) is 13.0. The maximum Gasteiger partial charge on any atom is 0.0500 e. The first-order valence-electron chi connectivity index (χ1n) is 46.8. The Morgan fingerprint density at radius 3 is 0.508 bits per heavy atom. The molecule has 3 aromatic carbocycles. The summed E-state index contributed by atoms with van der Waals surface area (Å²) in [7, 11) is 0. The minimum Gasteiger partial charge on any atom is -0.258 e. The molecule has 4 heterocycles. The third-order valence-electron chi connectivity index (χ3n) is 26.0. The molecule has 0 bridgehead atoms. The minimum atomic E-state index is 0.103. The van der Waals surface area contributed by atoms with Gasteiger partial charge in [-0.15, -0.1) is 0 Å². The van der Waals surface area contributed by atoms with E-state index in [1.54, 1.807) is 11.1 Å². The Morgan fingerprint density at radius 1 is 0.0984 bits per heavy atom.